The Kier molecular flexibility index (Phi) is 6.33. The first-order valence-corrected chi connectivity index (χ1v) is 12.5. The number of nitrogens with two attached hydrogens (primary N) is 1. The topological polar surface area (TPSA) is 123 Å². The van der Waals surface area contributed by atoms with Crippen molar-refractivity contribution in [2.75, 3.05) is 0 Å². The van der Waals surface area contributed by atoms with Crippen molar-refractivity contribution in [3.8, 4) is 0 Å². The number of rotatable bonds is 5. The lowest BCUT2D eigenvalue weighted by Crippen LogP contribution is -2.37. The maximum Gasteiger partial charge on any atom is 0.252 e. The van der Waals surface area contributed by atoms with Gasteiger partial charge in [0.2, 0.25) is 19.9 Å². The third-order valence-electron chi connectivity index (χ3n) is 4.87. The van der Waals surface area contributed by atoms with Crippen LogP contribution in [0.3, 0.4) is 0 Å². The Morgan fingerprint density at radius 3 is 2.17 bits per heavy atom. The quantitative estimate of drug-likeness (QED) is 0.715. The number of amides is 1. The third-order valence-corrected chi connectivity index (χ3v) is 8.05. The molecule has 29 heavy (non-hydrogen) atoms. The van der Waals surface area contributed by atoms with E-state index in [0.29, 0.717) is 0 Å². The zero-order chi connectivity index (χ0) is 21.2. The minimum atomic E-state index is -4.26. The maximum absolute atomic E-state index is 13.1. The van der Waals surface area contributed by atoms with E-state index < -0.39 is 30.7 Å². The second kappa shape index (κ2) is 8.43. The molecule has 0 saturated heterocycles. The zero-order valence-corrected chi connectivity index (χ0v) is 17.9. The van der Waals surface area contributed by atoms with Gasteiger partial charge in [0.15, 0.2) is 0 Å². The normalized spacial score (nSPS) is 15.8. The monoisotopic (exact) mass is 456 g/mol. The van der Waals surface area contributed by atoms with E-state index in [2.05, 4.69) is 5.32 Å². The molecule has 1 aliphatic rings. The molecule has 2 aromatic rings. The molecule has 1 fully saturated rings. The van der Waals surface area contributed by atoms with Gasteiger partial charge in [0.25, 0.3) is 5.91 Å². The number of benzene rings is 2. The summed E-state index contributed by atoms with van der Waals surface area (Å²) in [6, 6.07) is 9.35. The second-order valence-corrected chi connectivity index (χ2v) is 10.8. The SMILES string of the molecule is NS(=O)(=O)c1cc(C(=O)NC2CCCCC2)c(S(=O)(=O)c2ccccc2)cc1Cl. The molecule has 1 saturated carbocycles. The van der Waals surface area contributed by atoms with Crippen LogP contribution in [0, 0.1) is 0 Å². The van der Waals surface area contributed by atoms with E-state index in [1.807, 2.05) is 0 Å². The molecule has 0 bridgehead atoms. The van der Waals surface area contributed by atoms with Gasteiger partial charge in [-0.25, -0.2) is 22.0 Å². The van der Waals surface area contributed by atoms with Gasteiger partial charge in [-0.3, -0.25) is 4.79 Å². The van der Waals surface area contributed by atoms with Crippen LogP contribution in [0.25, 0.3) is 0 Å². The Labute approximate surface area is 175 Å². The van der Waals surface area contributed by atoms with Crippen molar-refractivity contribution in [2.24, 2.45) is 5.14 Å². The molecular formula is C19H21ClN2O5S2. The van der Waals surface area contributed by atoms with Gasteiger partial charge >= 0.3 is 0 Å². The number of hydrogen-bond acceptors (Lipinski definition) is 5. The van der Waals surface area contributed by atoms with E-state index in [-0.39, 0.29) is 26.4 Å². The van der Waals surface area contributed by atoms with Gasteiger partial charge in [0, 0.05) is 6.04 Å². The van der Waals surface area contributed by atoms with Crippen LogP contribution in [0.5, 0.6) is 0 Å². The van der Waals surface area contributed by atoms with Crippen LogP contribution in [-0.4, -0.2) is 28.8 Å². The van der Waals surface area contributed by atoms with Gasteiger partial charge in [0.05, 0.1) is 20.4 Å². The number of nitrogens with one attached hydrogen (secondary N) is 1. The highest BCUT2D eigenvalue weighted by atomic mass is 35.5. The standard InChI is InChI=1S/C19H21ClN2O5S2/c20-16-12-17(28(24,25)14-9-5-2-6-10-14)15(11-18(16)29(21,26)27)19(23)22-13-7-3-1-4-8-13/h2,5-6,9-13H,1,3-4,7-8H2,(H,22,23)(H2,21,26,27). The number of carbonyl (C=O) groups excluding carboxylic acids is 1. The van der Waals surface area contributed by atoms with Gasteiger partial charge in [0.1, 0.15) is 4.90 Å². The van der Waals surface area contributed by atoms with E-state index in [4.69, 9.17) is 16.7 Å². The van der Waals surface area contributed by atoms with Crippen LogP contribution in [0.2, 0.25) is 5.02 Å². The summed E-state index contributed by atoms with van der Waals surface area (Å²) in [6.45, 7) is 0. The highest BCUT2D eigenvalue weighted by Gasteiger charge is 2.29. The lowest BCUT2D eigenvalue weighted by molar-refractivity contribution is 0.0924. The first-order valence-electron chi connectivity index (χ1n) is 9.08. The summed E-state index contributed by atoms with van der Waals surface area (Å²) in [5, 5.41) is 7.64. The van der Waals surface area contributed by atoms with Gasteiger partial charge in [-0.05, 0) is 37.1 Å². The fourth-order valence-electron chi connectivity index (χ4n) is 3.39. The van der Waals surface area contributed by atoms with E-state index in [9.17, 15) is 21.6 Å². The fourth-order valence-corrected chi connectivity index (χ4v) is 6.04. The van der Waals surface area contributed by atoms with E-state index in [0.717, 1.165) is 44.2 Å². The minimum absolute atomic E-state index is 0.0360. The highest BCUT2D eigenvalue weighted by Crippen LogP contribution is 2.31. The molecule has 3 N–H and O–H groups in total. The molecule has 0 atom stereocenters. The summed E-state index contributed by atoms with van der Waals surface area (Å²) in [5.41, 5.74) is -0.298. The first kappa shape index (κ1) is 21.8. The average molecular weight is 457 g/mol. The minimum Gasteiger partial charge on any atom is -0.349 e. The molecule has 0 aliphatic heterocycles. The molecule has 1 aliphatic carbocycles. The molecule has 7 nitrogen and oxygen atoms in total. The van der Waals surface area contributed by atoms with Crippen LogP contribution >= 0.6 is 11.6 Å². The average Bonchev–Trinajstić information content (AvgIpc) is 2.68. The summed E-state index contributed by atoms with van der Waals surface area (Å²) in [6.07, 6.45) is 4.56. The van der Waals surface area contributed by atoms with Crippen LogP contribution in [0.1, 0.15) is 42.5 Å². The van der Waals surface area contributed by atoms with E-state index in [1.165, 1.54) is 12.1 Å². The highest BCUT2D eigenvalue weighted by molar-refractivity contribution is 7.91. The van der Waals surface area contributed by atoms with Crippen molar-refractivity contribution in [1.29, 1.82) is 0 Å². The van der Waals surface area contributed by atoms with Gasteiger partial charge < -0.3 is 5.32 Å². The molecule has 2 aromatic carbocycles. The number of primary sulfonamides is 1. The van der Waals surface area contributed by atoms with Crippen molar-refractivity contribution >= 4 is 37.4 Å². The van der Waals surface area contributed by atoms with Crippen LogP contribution in [0.4, 0.5) is 0 Å². The third kappa shape index (κ3) is 4.80. The lowest BCUT2D eigenvalue weighted by atomic mass is 9.95. The zero-order valence-electron chi connectivity index (χ0n) is 15.5. The fraction of sp³-hybridized carbons (Fsp3) is 0.316. The number of sulfone groups is 1. The summed E-state index contributed by atoms with van der Waals surface area (Å²) < 4.78 is 50.0. The molecule has 0 radical (unpaired) electrons. The molecular weight excluding hydrogens is 436 g/mol. The summed E-state index contributed by atoms with van der Waals surface area (Å²) in [4.78, 5) is 12.0. The van der Waals surface area contributed by atoms with E-state index in [1.54, 1.807) is 18.2 Å². The summed E-state index contributed by atoms with van der Waals surface area (Å²) in [7, 11) is -8.38. The number of carbonyl (C=O) groups is 1. The second-order valence-electron chi connectivity index (χ2n) is 6.95. The summed E-state index contributed by atoms with van der Waals surface area (Å²) in [5.74, 6) is -0.673. The smallest absolute Gasteiger partial charge is 0.252 e. The van der Waals surface area contributed by atoms with Crippen LogP contribution < -0.4 is 10.5 Å². The van der Waals surface area contributed by atoms with E-state index >= 15 is 0 Å². The Morgan fingerprint density at radius 2 is 1.59 bits per heavy atom. The molecule has 10 heteroatoms. The summed E-state index contributed by atoms with van der Waals surface area (Å²) >= 11 is 6.02. The lowest BCUT2D eigenvalue weighted by Gasteiger charge is -2.23. The first-order chi connectivity index (χ1) is 13.6. The Balaban J connectivity index is 2.14. The van der Waals surface area contributed by atoms with Crippen molar-refractivity contribution in [3.63, 3.8) is 0 Å². The predicted octanol–water partition coefficient (Wildman–Crippen LogP) is 2.88. The Hall–Kier alpha value is -1.94. The molecule has 1 amide bonds. The van der Waals surface area contributed by atoms with Gasteiger partial charge in [-0.15, -0.1) is 0 Å². The number of halogens is 1. The van der Waals surface area contributed by atoms with Crippen molar-refractivity contribution in [3.05, 3.63) is 53.1 Å². The van der Waals surface area contributed by atoms with Crippen LogP contribution in [0.15, 0.2) is 57.2 Å². The molecule has 0 unspecified atom stereocenters. The molecule has 0 aromatic heterocycles. The number of sulfonamides is 1. The number of hydrogen-bond donors (Lipinski definition) is 2. The van der Waals surface area contributed by atoms with Gasteiger partial charge in [-0.2, -0.15) is 0 Å². The Bertz CT molecular complexity index is 1130. The maximum atomic E-state index is 13.1. The van der Waals surface area contributed by atoms with Crippen molar-refractivity contribution in [2.45, 2.75) is 52.8 Å². The van der Waals surface area contributed by atoms with Crippen molar-refractivity contribution in [1.82, 2.24) is 5.32 Å². The van der Waals surface area contributed by atoms with Crippen molar-refractivity contribution < 1.29 is 21.6 Å². The molecule has 3 rings (SSSR count). The molecule has 0 heterocycles. The Morgan fingerprint density at radius 1 is 0.966 bits per heavy atom. The van der Waals surface area contributed by atoms with Gasteiger partial charge in [-0.1, -0.05) is 49.1 Å². The molecule has 0 spiro atoms. The largest absolute Gasteiger partial charge is 0.349 e. The van der Waals surface area contributed by atoms with Crippen LogP contribution in [-0.2, 0) is 19.9 Å². The molecule has 156 valence electrons. The predicted molar refractivity (Wildman–Crippen MR) is 109 cm³/mol.